The monoisotopic (exact) mass is 489 g/mol. The lowest BCUT2D eigenvalue weighted by atomic mass is 9.89. The quantitative estimate of drug-likeness (QED) is 0.533. The highest BCUT2D eigenvalue weighted by Crippen LogP contribution is 2.33. The number of rotatable bonds is 9. The molecule has 33 heavy (non-hydrogen) atoms. The molecule has 11 heteroatoms. The number of alkyl halides is 3. The number of benzene rings is 1. The van der Waals surface area contributed by atoms with Crippen LogP contribution in [-0.2, 0) is 15.3 Å². The van der Waals surface area contributed by atoms with Crippen molar-refractivity contribution in [3.8, 4) is 5.75 Å². The van der Waals surface area contributed by atoms with Crippen molar-refractivity contribution in [2.24, 2.45) is 0 Å². The number of nitrogens with zero attached hydrogens (tertiary/aromatic N) is 1. The molecule has 0 fully saturated rings. The minimum Gasteiger partial charge on any atom is -0.491 e. The van der Waals surface area contributed by atoms with Gasteiger partial charge in [0.25, 0.3) is 5.91 Å². The summed E-state index contributed by atoms with van der Waals surface area (Å²) in [6.07, 6.45) is -2.18. The summed E-state index contributed by atoms with van der Waals surface area (Å²) >= 11 is 0. The summed E-state index contributed by atoms with van der Waals surface area (Å²) in [5.41, 5.74) is -0.424. The Kier molecular flexibility index (Phi) is 8.21. The van der Waals surface area contributed by atoms with E-state index in [2.05, 4.69) is 15.5 Å². The number of nitrogens with one attached hydrogen (secondary N) is 2. The zero-order valence-electron chi connectivity index (χ0n) is 19.3. The van der Waals surface area contributed by atoms with Gasteiger partial charge in [0.05, 0.1) is 11.8 Å². The summed E-state index contributed by atoms with van der Waals surface area (Å²) in [7, 11) is -4.87. The first-order valence-electron chi connectivity index (χ1n) is 10.5. The van der Waals surface area contributed by atoms with Crippen molar-refractivity contribution in [1.29, 1.82) is 0 Å². The third kappa shape index (κ3) is 7.48. The van der Waals surface area contributed by atoms with Crippen LogP contribution in [0.4, 0.5) is 13.2 Å². The Morgan fingerprint density at radius 3 is 2.48 bits per heavy atom. The third-order valence-electron chi connectivity index (χ3n) is 4.78. The lowest BCUT2D eigenvalue weighted by molar-refractivity contribution is -0.106. The highest BCUT2D eigenvalue weighted by Gasteiger charge is 2.43. The molecule has 2 N–H and O–H groups in total. The molecule has 0 saturated carbocycles. The Balaban J connectivity index is 2.42. The fourth-order valence-corrected chi connectivity index (χ4v) is 4.86. The Morgan fingerprint density at radius 1 is 1.24 bits per heavy atom. The van der Waals surface area contributed by atoms with E-state index < -0.39 is 38.5 Å². The molecule has 1 amide bonds. The van der Waals surface area contributed by atoms with E-state index in [-0.39, 0.29) is 22.9 Å². The van der Waals surface area contributed by atoms with Crippen molar-refractivity contribution in [3.63, 3.8) is 0 Å². The summed E-state index contributed by atoms with van der Waals surface area (Å²) in [5.74, 6) is -2.53. The van der Waals surface area contributed by atoms with Crippen molar-refractivity contribution >= 4 is 15.7 Å². The predicted molar refractivity (Wildman–Crippen MR) is 119 cm³/mol. The van der Waals surface area contributed by atoms with Crippen LogP contribution in [0.1, 0.15) is 74.4 Å². The Bertz CT molecular complexity index is 1060. The van der Waals surface area contributed by atoms with Crippen LogP contribution >= 0.6 is 0 Å². The number of aromatic amines is 1. The zero-order chi connectivity index (χ0) is 25.0. The van der Waals surface area contributed by atoms with Gasteiger partial charge in [-0.15, -0.1) is 0 Å². The second-order valence-electron chi connectivity index (χ2n) is 8.96. The van der Waals surface area contributed by atoms with E-state index in [1.54, 1.807) is 32.9 Å². The third-order valence-corrected chi connectivity index (χ3v) is 6.60. The minimum atomic E-state index is -4.98. The highest BCUT2D eigenvalue weighted by molar-refractivity contribution is 7.91. The number of H-pyrrole nitrogens is 1. The second kappa shape index (κ2) is 10.1. The van der Waals surface area contributed by atoms with Gasteiger partial charge in [0.15, 0.2) is 15.2 Å². The standard InChI is InChI=1S/C22H30F3N3O4S/c1-6-8-14(2)32-16-10-7-9-15(11-16)19(29)27-20(33(30,31)13-22(23,24)25)17-12-26-28-18(17)21(3,4)5/h7,9-12,14,20H,6,8,13H2,1-5H3,(H,26,28)(H,27,29). The molecule has 0 bridgehead atoms. The number of hydrogen-bond donors (Lipinski definition) is 2. The molecular weight excluding hydrogens is 459 g/mol. The van der Waals surface area contributed by atoms with E-state index in [4.69, 9.17) is 4.74 Å². The van der Waals surface area contributed by atoms with Crippen LogP contribution in [0.5, 0.6) is 5.75 Å². The summed E-state index contributed by atoms with van der Waals surface area (Å²) in [6.45, 7) is 9.09. The average molecular weight is 490 g/mol. The Morgan fingerprint density at radius 2 is 1.91 bits per heavy atom. The number of hydrogen-bond acceptors (Lipinski definition) is 5. The van der Waals surface area contributed by atoms with Crippen LogP contribution in [0.2, 0.25) is 0 Å². The van der Waals surface area contributed by atoms with E-state index in [1.807, 2.05) is 13.8 Å². The van der Waals surface area contributed by atoms with Crippen LogP contribution in [0.3, 0.4) is 0 Å². The van der Waals surface area contributed by atoms with Crippen LogP contribution in [-0.4, -0.2) is 42.6 Å². The molecule has 0 aliphatic carbocycles. The van der Waals surface area contributed by atoms with Crippen LogP contribution < -0.4 is 10.1 Å². The number of carbonyl (C=O) groups excluding carboxylic acids is 1. The molecule has 2 aromatic rings. The van der Waals surface area contributed by atoms with Gasteiger partial charge in [-0.25, -0.2) is 8.42 Å². The van der Waals surface area contributed by atoms with Gasteiger partial charge in [0.2, 0.25) is 0 Å². The Labute approximate surface area is 192 Å². The van der Waals surface area contributed by atoms with Crippen molar-refractivity contribution in [2.75, 3.05) is 5.75 Å². The molecule has 0 aliphatic rings. The van der Waals surface area contributed by atoms with Gasteiger partial charge < -0.3 is 10.1 Å². The molecule has 2 atom stereocenters. The van der Waals surface area contributed by atoms with Gasteiger partial charge in [-0.3, -0.25) is 9.89 Å². The maximum atomic E-state index is 13.1. The smallest absolute Gasteiger partial charge is 0.402 e. The summed E-state index contributed by atoms with van der Waals surface area (Å²) < 4.78 is 70.5. The number of halogens is 3. The summed E-state index contributed by atoms with van der Waals surface area (Å²) in [6, 6.07) is 6.06. The first-order chi connectivity index (χ1) is 15.1. The van der Waals surface area contributed by atoms with Gasteiger partial charge in [0.1, 0.15) is 11.5 Å². The van der Waals surface area contributed by atoms with E-state index in [1.165, 1.54) is 18.3 Å². The summed E-state index contributed by atoms with van der Waals surface area (Å²) in [4.78, 5) is 12.9. The lowest BCUT2D eigenvalue weighted by Gasteiger charge is -2.24. The first-order valence-corrected chi connectivity index (χ1v) is 12.3. The SMILES string of the molecule is CCCC(C)Oc1cccc(C(=O)NC(c2c[nH]nc2C(C)(C)C)S(=O)(=O)CC(F)(F)F)c1. The van der Waals surface area contributed by atoms with Gasteiger partial charge in [-0.1, -0.05) is 40.2 Å². The molecule has 0 radical (unpaired) electrons. The molecule has 2 unspecified atom stereocenters. The van der Waals surface area contributed by atoms with E-state index >= 15 is 0 Å². The largest absolute Gasteiger partial charge is 0.491 e. The van der Waals surface area contributed by atoms with Crippen LogP contribution in [0.15, 0.2) is 30.5 Å². The fraction of sp³-hybridized carbons (Fsp3) is 0.545. The van der Waals surface area contributed by atoms with Gasteiger partial charge in [-0.2, -0.15) is 18.3 Å². The molecule has 1 heterocycles. The van der Waals surface area contributed by atoms with Crippen molar-refractivity contribution in [1.82, 2.24) is 15.5 Å². The maximum Gasteiger partial charge on any atom is 0.402 e. The molecule has 2 rings (SSSR count). The second-order valence-corrected chi connectivity index (χ2v) is 11.0. The van der Waals surface area contributed by atoms with E-state index in [0.717, 1.165) is 12.8 Å². The number of amides is 1. The van der Waals surface area contributed by atoms with Crippen LogP contribution in [0.25, 0.3) is 0 Å². The number of ether oxygens (including phenoxy) is 1. The number of carbonyl (C=O) groups is 1. The molecular formula is C22H30F3N3O4S. The van der Waals surface area contributed by atoms with Crippen molar-refractivity contribution in [2.45, 2.75) is 70.5 Å². The number of sulfone groups is 1. The highest BCUT2D eigenvalue weighted by atomic mass is 32.2. The lowest BCUT2D eigenvalue weighted by Crippen LogP contribution is -2.39. The van der Waals surface area contributed by atoms with E-state index in [9.17, 15) is 26.4 Å². The fourth-order valence-electron chi connectivity index (χ4n) is 3.38. The molecule has 0 saturated heterocycles. The average Bonchev–Trinajstić information content (AvgIpc) is 3.14. The summed E-state index contributed by atoms with van der Waals surface area (Å²) in [5, 5.41) is 6.86. The topological polar surface area (TPSA) is 101 Å². The van der Waals surface area contributed by atoms with Crippen molar-refractivity contribution in [3.05, 3.63) is 47.3 Å². The van der Waals surface area contributed by atoms with Crippen molar-refractivity contribution < 1.29 is 31.1 Å². The zero-order valence-corrected chi connectivity index (χ0v) is 20.1. The van der Waals surface area contributed by atoms with Gasteiger partial charge in [-0.05, 0) is 31.5 Å². The first kappa shape index (κ1) is 26.7. The number of aromatic nitrogens is 2. The maximum absolute atomic E-state index is 13.1. The molecule has 0 spiro atoms. The van der Waals surface area contributed by atoms with Gasteiger partial charge >= 0.3 is 6.18 Å². The molecule has 1 aromatic heterocycles. The normalized spacial score (nSPS) is 14.5. The molecule has 1 aromatic carbocycles. The van der Waals surface area contributed by atoms with E-state index in [0.29, 0.717) is 5.75 Å². The molecule has 0 aliphatic heterocycles. The predicted octanol–water partition coefficient (Wildman–Crippen LogP) is 4.68. The molecule has 7 nitrogen and oxygen atoms in total. The van der Waals surface area contributed by atoms with Crippen LogP contribution in [0, 0.1) is 0 Å². The Hall–Kier alpha value is -2.56. The minimum absolute atomic E-state index is 0.0379. The molecule has 184 valence electrons. The van der Waals surface area contributed by atoms with Gasteiger partial charge in [0, 0.05) is 22.7 Å².